The van der Waals surface area contributed by atoms with Gasteiger partial charge in [-0.3, -0.25) is 0 Å². The molecule has 0 radical (unpaired) electrons. The Morgan fingerprint density at radius 3 is 2.39 bits per heavy atom. The van der Waals surface area contributed by atoms with E-state index >= 15 is 0 Å². The predicted molar refractivity (Wildman–Crippen MR) is 59.2 cm³/mol. The molecule has 0 atom stereocenters. The van der Waals surface area contributed by atoms with E-state index in [9.17, 15) is 13.2 Å². The van der Waals surface area contributed by atoms with E-state index in [2.05, 4.69) is 4.74 Å². The quantitative estimate of drug-likeness (QED) is 0.886. The van der Waals surface area contributed by atoms with Gasteiger partial charge in [0.05, 0.1) is 6.61 Å². The van der Waals surface area contributed by atoms with Gasteiger partial charge in [0.2, 0.25) is 0 Å². The Balaban J connectivity index is 2.09. The Kier molecular flexibility index (Phi) is 3.65. The maximum atomic E-state index is 12.1. The molecule has 0 saturated heterocycles. The van der Waals surface area contributed by atoms with Crippen LogP contribution in [0.3, 0.4) is 0 Å². The average Bonchev–Trinajstić information content (AvgIpc) is 3.07. The van der Waals surface area contributed by atoms with Crippen molar-refractivity contribution in [1.82, 2.24) is 0 Å². The van der Waals surface area contributed by atoms with Crippen LogP contribution in [0.2, 0.25) is 0 Å². The molecule has 0 aromatic heterocycles. The van der Waals surface area contributed by atoms with Crippen LogP contribution in [0.4, 0.5) is 13.2 Å². The largest absolute Gasteiger partial charge is 0.573 e. The van der Waals surface area contributed by atoms with Gasteiger partial charge in [0.1, 0.15) is 11.5 Å². The highest BCUT2D eigenvalue weighted by Crippen LogP contribution is 2.32. The lowest BCUT2D eigenvalue weighted by Gasteiger charge is -2.12. The van der Waals surface area contributed by atoms with Gasteiger partial charge in [0.25, 0.3) is 0 Å². The zero-order chi connectivity index (χ0) is 13.2. The zero-order valence-corrected chi connectivity index (χ0v) is 9.67. The molecule has 1 aliphatic rings. The van der Waals surface area contributed by atoms with Crippen LogP contribution in [0.25, 0.3) is 0 Å². The summed E-state index contributed by atoms with van der Waals surface area (Å²) in [7, 11) is 0. The van der Waals surface area contributed by atoms with Crippen molar-refractivity contribution in [2.24, 2.45) is 11.7 Å². The maximum Gasteiger partial charge on any atom is 0.573 e. The summed E-state index contributed by atoms with van der Waals surface area (Å²) < 4.78 is 45.7. The molecule has 0 unspecified atom stereocenters. The second-order valence-corrected chi connectivity index (χ2v) is 4.32. The first-order valence-corrected chi connectivity index (χ1v) is 5.69. The van der Waals surface area contributed by atoms with Crippen LogP contribution < -0.4 is 15.2 Å². The molecular formula is C12H14F3NO2. The van der Waals surface area contributed by atoms with Crippen molar-refractivity contribution in [3.05, 3.63) is 23.8 Å². The minimum Gasteiger partial charge on any atom is -0.493 e. The van der Waals surface area contributed by atoms with Gasteiger partial charge < -0.3 is 15.2 Å². The van der Waals surface area contributed by atoms with Gasteiger partial charge in [-0.05, 0) is 36.5 Å². The molecule has 1 aliphatic carbocycles. The van der Waals surface area contributed by atoms with Gasteiger partial charge in [-0.25, -0.2) is 0 Å². The molecule has 1 aromatic rings. The predicted octanol–water partition coefficient (Wildman–Crippen LogP) is 2.83. The van der Waals surface area contributed by atoms with Crippen LogP contribution >= 0.6 is 0 Å². The molecular weight excluding hydrogens is 247 g/mol. The van der Waals surface area contributed by atoms with E-state index in [-0.39, 0.29) is 12.3 Å². The van der Waals surface area contributed by atoms with E-state index in [0.29, 0.717) is 23.8 Å². The third-order valence-corrected chi connectivity index (χ3v) is 2.59. The summed E-state index contributed by atoms with van der Waals surface area (Å²) in [4.78, 5) is 0. The van der Waals surface area contributed by atoms with Gasteiger partial charge in [0, 0.05) is 12.6 Å². The van der Waals surface area contributed by atoms with Crippen LogP contribution in [0.15, 0.2) is 18.2 Å². The van der Waals surface area contributed by atoms with Gasteiger partial charge in [-0.2, -0.15) is 0 Å². The van der Waals surface area contributed by atoms with E-state index in [1.807, 2.05) is 0 Å². The molecule has 0 aliphatic heterocycles. The van der Waals surface area contributed by atoms with Crippen molar-refractivity contribution in [3.8, 4) is 11.5 Å². The van der Waals surface area contributed by atoms with E-state index in [0.717, 1.165) is 12.8 Å². The normalized spacial score (nSPS) is 15.6. The van der Waals surface area contributed by atoms with Crippen molar-refractivity contribution >= 4 is 0 Å². The number of hydrogen-bond donors (Lipinski definition) is 1. The van der Waals surface area contributed by atoms with Crippen molar-refractivity contribution in [3.63, 3.8) is 0 Å². The third kappa shape index (κ3) is 4.10. The topological polar surface area (TPSA) is 44.5 Å². The number of alkyl halides is 3. The highest BCUT2D eigenvalue weighted by atomic mass is 19.4. The van der Waals surface area contributed by atoms with Crippen LogP contribution in [-0.2, 0) is 6.54 Å². The molecule has 2 N–H and O–H groups in total. The fraction of sp³-hybridized carbons (Fsp3) is 0.500. The number of ether oxygens (including phenoxy) is 2. The van der Waals surface area contributed by atoms with Crippen molar-refractivity contribution in [1.29, 1.82) is 0 Å². The molecule has 0 heterocycles. The highest BCUT2D eigenvalue weighted by Gasteiger charge is 2.31. The highest BCUT2D eigenvalue weighted by molar-refractivity contribution is 5.38. The lowest BCUT2D eigenvalue weighted by Crippen LogP contribution is -2.17. The first-order chi connectivity index (χ1) is 8.46. The van der Waals surface area contributed by atoms with E-state index < -0.39 is 6.36 Å². The molecule has 1 saturated carbocycles. The molecule has 0 spiro atoms. The van der Waals surface area contributed by atoms with Crippen LogP contribution in [0.5, 0.6) is 11.5 Å². The molecule has 1 fully saturated rings. The van der Waals surface area contributed by atoms with Gasteiger partial charge in [-0.15, -0.1) is 13.2 Å². The molecule has 100 valence electrons. The maximum absolute atomic E-state index is 12.1. The van der Waals surface area contributed by atoms with Gasteiger partial charge in [0.15, 0.2) is 0 Å². The summed E-state index contributed by atoms with van der Waals surface area (Å²) in [6.45, 7) is 0.661. The fourth-order valence-electron chi connectivity index (χ4n) is 1.52. The second-order valence-electron chi connectivity index (χ2n) is 4.32. The number of benzene rings is 1. The van der Waals surface area contributed by atoms with Gasteiger partial charge >= 0.3 is 6.36 Å². The number of halogens is 3. The van der Waals surface area contributed by atoms with Crippen LogP contribution in [0.1, 0.15) is 18.4 Å². The molecule has 0 amide bonds. The lowest BCUT2D eigenvalue weighted by atomic mass is 10.2. The monoisotopic (exact) mass is 261 g/mol. The minimum atomic E-state index is -4.71. The Bertz CT molecular complexity index is 416. The number of rotatable bonds is 5. The Labute approximate surface area is 103 Å². The molecule has 3 nitrogen and oxygen atoms in total. The molecule has 2 rings (SSSR count). The zero-order valence-electron chi connectivity index (χ0n) is 9.67. The van der Waals surface area contributed by atoms with E-state index in [1.54, 1.807) is 6.07 Å². The summed E-state index contributed by atoms with van der Waals surface area (Å²) in [6, 6.07) is 4.12. The first-order valence-electron chi connectivity index (χ1n) is 5.69. The fourth-order valence-corrected chi connectivity index (χ4v) is 1.52. The summed E-state index contributed by atoms with van der Waals surface area (Å²) in [5.74, 6) is 0.596. The van der Waals surface area contributed by atoms with Crippen molar-refractivity contribution < 1.29 is 22.6 Å². The standard InChI is InChI=1S/C12H14F3NO2/c13-12(14,15)18-11-4-9(6-16)3-10(5-11)17-7-8-1-2-8/h3-5,8H,1-2,6-7,16H2. The summed E-state index contributed by atoms with van der Waals surface area (Å²) in [5.41, 5.74) is 5.97. The minimum absolute atomic E-state index is 0.134. The van der Waals surface area contributed by atoms with Crippen molar-refractivity contribution in [2.75, 3.05) is 6.61 Å². The molecule has 0 bridgehead atoms. The third-order valence-electron chi connectivity index (χ3n) is 2.59. The van der Waals surface area contributed by atoms with Crippen molar-refractivity contribution in [2.45, 2.75) is 25.7 Å². The Morgan fingerprint density at radius 2 is 1.83 bits per heavy atom. The van der Waals surface area contributed by atoms with E-state index in [1.165, 1.54) is 12.1 Å². The Morgan fingerprint density at radius 1 is 1.17 bits per heavy atom. The van der Waals surface area contributed by atoms with Crippen LogP contribution in [0, 0.1) is 5.92 Å². The molecule has 18 heavy (non-hydrogen) atoms. The summed E-state index contributed by atoms with van der Waals surface area (Å²) in [5, 5.41) is 0. The SMILES string of the molecule is NCc1cc(OCC2CC2)cc(OC(F)(F)F)c1. The van der Waals surface area contributed by atoms with Crippen LogP contribution in [-0.4, -0.2) is 13.0 Å². The lowest BCUT2D eigenvalue weighted by molar-refractivity contribution is -0.274. The molecule has 1 aromatic carbocycles. The first kappa shape index (κ1) is 13.0. The number of hydrogen-bond acceptors (Lipinski definition) is 3. The smallest absolute Gasteiger partial charge is 0.493 e. The van der Waals surface area contributed by atoms with E-state index in [4.69, 9.17) is 10.5 Å². The summed E-state index contributed by atoms with van der Waals surface area (Å²) in [6.07, 6.45) is -2.48. The van der Waals surface area contributed by atoms with Gasteiger partial charge in [-0.1, -0.05) is 0 Å². The summed E-state index contributed by atoms with van der Waals surface area (Å²) >= 11 is 0. The second kappa shape index (κ2) is 5.06. The molecule has 6 heteroatoms. The Hall–Kier alpha value is -1.43. The average molecular weight is 261 g/mol. The number of nitrogens with two attached hydrogens (primary N) is 1.